The van der Waals surface area contributed by atoms with Crippen molar-refractivity contribution in [3.8, 4) is 34.1 Å². The highest BCUT2D eigenvalue weighted by Crippen LogP contribution is 2.37. The number of rotatable bonds is 7. The summed E-state index contributed by atoms with van der Waals surface area (Å²) in [6.07, 6.45) is 11.5. The van der Waals surface area contributed by atoms with Crippen LogP contribution in [0, 0.1) is 0 Å². The molecule has 0 N–H and O–H groups in total. The summed E-state index contributed by atoms with van der Waals surface area (Å²) in [4.78, 5) is 7.33. The van der Waals surface area contributed by atoms with E-state index in [1.165, 1.54) is 0 Å². The molecule has 6 nitrogen and oxygen atoms in total. The number of ether oxygens (including phenoxy) is 1. The molecule has 0 saturated heterocycles. The molecule has 0 fully saturated rings. The van der Waals surface area contributed by atoms with E-state index in [9.17, 15) is 0 Å². The highest BCUT2D eigenvalue weighted by molar-refractivity contribution is 5.83. The minimum absolute atomic E-state index is 0.235. The van der Waals surface area contributed by atoms with Crippen molar-refractivity contribution in [2.24, 2.45) is 12.1 Å². The van der Waals surface area contributed by atoms with E-state index in [2.05, 4.69) is 101 Å². The molecule has 1 aliphatic carbocycles. The van der Waals surface area contributed by atoms with Gasteiger partial charge in [0, 0.05) is 35.8 Å². The Balaban J connectivity index is 1.15. The summed E-state index contributed by atoms with van der Waals surface area (Å²) in [7, 11) is 2.10. The molecule has 206 valence electrons. The van der Waals surface area contributed by atoms with Crippen molar-refractivity contribution in [1.29, 1.82) is 0 Å². The number of aromatic nitrogens is 2. The number of benzene rings is 4. The topological polar surface area (TPSA) is 45.9 Å². The highest BCUT2D eigenvalue weighted by atomic mass is 16.5. The first-order chi connectivity index (χ1) is 20.7. The second kappa shape index (κ2) is 11.3. The number of anilines is 2. The SMILES string of the molecule is Cn1c(-c2cccc(Oc3cccc(N4CN(c5ccccc5)C=N4)c3)c2)nc([C@@H]2C=CC=CC2)c1-c1ccccc1. The standard InChI is InChI=1S/C36H31N5O/c1-39-35(28-15-7-3-8-16-28)34(27-13-5-2-6-14-27)38-36(39)29-17-11-21-32(23-29)42-33-22-12-20-31(24-33)41-26-40(25-37-41)30-18-9-4-10-19-30/h2-13,15-25,27H,14,26H2,1H3/t27-/m1/s1. The number of para-hydroxylation sites is 1. The van der Waals surface area contributed by atoms with Gasteiger partial charge in [-0.1, -0.05) is 91.0 Å². The van der Waals surface area contributed by atoms with Crippen molar-refractivity contribution < 1.29 is 4.74 Å². The Bertz CT molecular complexity index is 1790. The molecule has 0 unspecified atom stereocenters. The van der Waals surface area contributed by atoms with Crippen molar-refractivity contribution in [2.75, 3.05) is 16.6 Å². The molecule has 5 aromatic rings. The van der Waals surface area contributed by atoms with Gasteiger partial charge in [-0.05, 0) is 42.8 Å². The lowest BCUT2D eigenvalue weighted by atomic mass is 9.94. The molecule has 4 aromatic carbocycles. The number of imidazole rings is 1. The Morgan fingerprint density at radius 3 is 2.24 bits per heavy atom. The maximum Gasteiger partial charge on any atom is 0.140 e. The van der Waals surface area contributed by atoms with Gasteiger partial charge in [-0.2, -0.15) is 5.10 Å². The van der Waals surface area contributed by atoms with Crippen LogP contribution in [0.1, 0.15) is 18.0 Å². The Morgan fingerprint density at radius 1 is 0.738 bits per heavy atom. The number of allylic oxidation sites excluding steroid dienone is 4. The first-order valence-electron chi connectivity index (χ1n) is 14.2. The summed E-state index contributed by atoms with van der Waals surface area (Å²) in [5, 5.41) is 6.57. The first-order valence-corrected chi connectivity index (χ1v) is 14.2. The molecule has 0 amide bonds. The third-order valence-corrected chi connectivity index (χ3v) is 7.65. The number of nitrogens with zero attached hydrogens (tertiary/aromatic N) is 5. The minimum atomic E-state index is 0.235. The third kappa shape index (κ3) is 5.10. The summed E-state index contributed by atoms with van der Waals surface area (Å²) in [6.45, 7) is 0.639. The van der Waals surface area contributed by atoms with Crippen LogP contribution in [-0.2, 0) is 7.05 Å². The van der Waals surface area contributed by atoms with Crippen LogP contribution in [0.5, 0.6) is 11.5 Å². The maximum absolute atomic E-state index is 6.38. The van der Waals surface area contributed by atoms with Gasteiger partial charge in [0.25, 0.3) is 0 Å². The van der Waals surface area contributed by atoms with Crippen LogP contribution in [0.3, 0.4) is 0 Å². The van der Waals surface area contributed by atoms with Crippen LogP contribution in [0.25, 0.3) is 22.6 Å². The molecule has 0 bridgehead atoms. The Morgan fingerprint density at radius 2 is 1.45 bits per heavy atom. The van der Waals surface area contributed by atoms with Crippen LogP contribution in [0.4, 0.5) is 11.4 Å². The smallest absolute Gasteiger partial charge is 0.140 e. The zero-order valence-electron chi connectivity index (χ0n) is 23.4. The van der Waals surface area contributed by atoms with Crippen LogP contribution in [-0.4, -0.2) is 22.6 Å². The van der Waals surface area contributed by atoms with Gasteiger partial charge >= 0.3 is 0 Å². The molecule has 1 atom stereocenters. The monoisotopic (exact) mass is 549 g/mol. The van der Waals surface area contributed by atoms with Crippen molar-refractivity contribution >= 4 is 17.7 Å². The summed E-state index contributed by atoms with van der Waals surface area (Å²) in [6, 6.07) is 37.0. The zero-order chi connectivity index (χ0) is 28.3. The molecule has 1 aliphatic heterocycles. The second-order valence-electron chi connectivity index (χ2n) is 10.5. The Labute approximate surface area is 246 Å². The average Bonchev–Trinajstić information content (AvgIpc) is 3.68. The van der Waals surface area contributed by atoms with Crippen LogP contribution in [0.15, 0.2) is 139 Å². The number of hydrogen-bond donors (Lipinski definition) is 0. The van der Waals surface area contributed by atoms with Crippen LogP contribution >= 0.6 is 0 Å². The van der Waals surface area contributed by atoms with Crippen molar-refractivity contribution in [2.45, 2.75) is 12.3 Å². The molecular formula is C36H31N5O. The zero-order valence-corrected chi connectivity index (χ0v) is 23.4. The fourth-order valence-electron chi connectivity index (χ4n) is 5.56. The van der Waals surface area contributed by atoms with Crippen LogP contribution in [0.2, 0.25) is 0 Å². The van der Waals surface area contributed by atoms with Gasteiger partial charge in [0.05, 0.1) is 17.1 Å². The van der Waals surface area contributed by atoms with Crippen molar-refractivity contribution in [3.63, 3.8) is 0 Å². The average molecular weight is 550 g/mol. The molecule has 1 aromatic heterocycles. The van der Waals surface area contributed by atoms with E-state index < -0.39 is 0 Å². The van der Waals surface area contributed by atoms with Crippen molar-refractivity contribution in [1.82, 2.24) is 9.55 Å². The summed E-state index contributed by atoms with van der Waals surface area (Å²) >= 11 is 0. The van der Waals surface area contributed by atoms with Crippen molar-refractivity contribution in [3.05, 3.63) is 139 Å². The largest absolute Gasteiger partial charge is 0.457 e. The Hall–Kier alpha value is -5.36. The fraction of sp³-hybridized carbons (Fsp3) is 0.111. The molecule has 42 heavy (non-hydrogen) atoms. The minimum Gasteiger partial charge on any atom is -0.457 e. The number of hydrogen-bond acceptors (Lipinski definition) is 5. The lowest BCUT2D eigenvalue weighted by Crippen LogP contribution is -2.26. The molecule has 2 heterocycles. The van der Waals surface area contributed by atoms with Gasteiger partial charge in [-0.25, -0.2) is 9.99 Å². The lowest BCUT2D eigenvalue weighted by molar-refractivity contribution is 0.483. The molecule has 7 rings (SSSR count). The van der Waals surface area contributed by atoms with E-state index in [0.29, 0.717) is 6.67 Å². The predicted octanol–water partition coefficient (Wildman–Crippen LogP) is 8.37. The second-order valence-corrected chi connectivity index (χ2v) is 10.5. The highest BCUT2D eigenvalue weighted by Gasteiger charge is 2.23. The molecule has 0 spiro atoms. The summed E-state index contributed by atoms with van der Waals surface area (Å²) in [5.74, 6) is 2.66. The molecule has 0 saturated carbocycles. The third-order valence-electron chi connectivity index (χ3n) is 7.65. The van der Waals surface area contributed by atoms with E-state index >= 15 is 0 Å². The van der Waals surface area contributed by atoms with Crippen LogP contribution < -0.4 is 14.6 Å². The van der Waals surface area contributed by atoms with Gasteiger partial charge in [-0.3, -0.25) is 0 Å². The molecule has 2 aliphatic rings. The van der Waals surface area contributed by atoms with Gasteiger partial charge < -0.3 is 14.2 Å². The molecular weight excluding hydrogens is 518 g/mol. The van der Waals surface area contributed by atoms with E-state index in [0.717, 1.165) is 57.6 Å². The molecule has 0 radical (unpaired) electrons. The van der Waals surface area contributed by atoms with E-state index in [-0.39, 0.29) is 5.92 Å². The fourth-order valence-corrected chi connectivity index (χ4v) is 5.56. The first kappa shape index (κ1) is 25.6. The Kier molecular flexibility index (Phi) is 6.86. The maximum atomic E-state index is 6.38. The van der Waals surface area contributed by atoms with E-state index in [4.69, 9.17) is 9.72 Å². The van der Waals surface area contributed by atoms with Gasteiger partial charge in [-0.15, -0.1) is 0 Å². The van der Waals surface area contributed by atoms with E-state index in [1.54, 1.807) is 0 Å². The summed E-state index contributed by atoms with van der Waals surface area (Å²) < 4.78 is 8.59. The normalized spacial score (nSPS) is 15.9. The van der Waals surface area contributed by atoms with Gasteiger partial charge in [0.15, 0.2) is 0 Å². The summed E-state index contributed by atoms with van der Waals surface area (Å²) in [5.41, 5.74) is 6.48. The molecule has 6 heteroatoms. The van der Waals surface area contributed by atoms with Gasteiger partial charge in [0.1, 0.15) is 30.3 Å². The van der Waals surface area contributed by atoms with Gasteiger partial charge in [0.2, 0.25) is 0 Å². The predicted molar refractivity (Wildman–Crippen MR) is 171 cm³/mol. The number of hydrazone groups is 1. The lowest BCUT2D eigenvalue weighted by Gasteiger charge is -2.19. The quantitative estimate of drug-likeness (QED) is 0.205. The van der Waals surface area contributed by atoms with E-state index in [1.807, 2.05) is 65.9 Å².